The van der Waals surface area contributed by atoms with Gasteiger partial charge in [0.05, 0.1) is 0 Å². The molecule has 0 saturated carbocycles. The van der Waals surface area contributed by atoms with Crippen LogP contribution in [0, 0.1) is 0 Å². The number of hydrogen-bond donors (Lipinski definition) is 2. The molecule has 0 bridgehead atoms. The molecule has 0 rings (SSSR count). The standard InChI is InChI=1S/C4H10O.C2H6S2.BF3/c1-3-5-4-2;3-1-2-4;2-1(3)4/h3-4H2,1-2H3;3-4H,1-2H2;. The zero-order valence-electron chi connectivity index (χ0n) is 7.84. The Labute approximate surface area is 89.5 Å². The molecule has 0 aliphatic heterocycles. The predicted molar refractivity (Wildman–Crippen MR) is 59.0 cm³/mol. The van der Waals surface area contributed by atoms with Crippen molar-refractivity contribution in [2.24, 2.45) is 0 Å². The Bertz CT molecular complexity index is 65.1. The minimum atomic E-state index is -3.67. The van der Waals surface area contributed by atoms with Crippen LogP contribution in [0.2, 0.25) is 0 Å². The lowest BCUT2D eigenvalue weighted by atomic mass is 10.5. The summed E-state index contributed by atoms with van der Waals surface area (Å²) in [5, 5.41) is 0. The van der Waals surface area contributed by atoms with Crippen LogP contribution < -0.4 is 0 Å². The van der Waals surface area contributed by atoms with E-state index in [1.807, 2.05) is 13.8 Å². The van der Waals surface area contributed by atoms with Crippen LogP contribution in [0.3, 0.4) is 0 Å². The molecule has 13 heavy (non-hydrogen) atoms. The minimum Gasteiger partial charge on any atom is -0.382 e. The van der Waals surface area contributed by atoms with Gasteiger partial charge >= 0.3 is 7.54 Å². The van der Waals surface area contributed by atoms with E-state index in [9.17, 15) is 12.9 Å². The van der Waals surface area contributed by atoms with Crippen molar-refractivity contribution in [1.29, 1.82) is 0 Å². The summed E-state index contributed by atoms with van der Waals surface area (Å²) in [6.45, 7) is 5.67. The molecule has 82 valence electrons. The molecular formula is C6H16BF3OS2. The molecule has 0 unspecified atom stereocenters. The second kappa shape index (κ2) is 22.9. The summed E-state index contributed by atoms with van der Waals surface area (Å²) in [4.78, 5) is 0. The number of thiol groups is 2. The molecule has 0 N–H and O–H groups in total. The third-order valence-electron chi connectivity index (χ3n) is 0.508. The smallest absolute Gasteiger partial charge is 0.382 e. The van der Waals surface area contributed by atoms with Crippen molar-refractivity contribution in [3.63, 3.8) is 0 Å². The maximum Gasteiger partial charge on any atom is 0.762 e. The quantitative estimate of drug-likeness (QED) is 0.566. The predicted octanol–water partition coefficient (Wildman–Crippen LogP) is 2.77. The van der Waals surface area contributed by atoms with Crippen LogP contribution in [0.4, 0.5) is 12.9 Å². The second-order valence-corrected chi connectivity index (χ2v) is 2.37. The van der Waals surface area contributed by atoms with Crippen LogP contribution in [-0.2, 0) is 4.74 Å². The Morgan fingerprint density at radius 3 is 1.23 bits per heavy atom. The van der Waals surface area contributed by atoms with Gasteiger partial charge in [0.2, 0.25) is 0 Å². The molecule has 0 fully saturated rings. The van der Waals surface area contributed by atoms with Gasteiger partial charge in [0, 0.05) is 13.2 Å². The summed E-state index contributed by atoms with van der Waals surface area (Å²) in [5.41, 5.74) is 0. The van der Waals surface area contributed by atoms with Crippen LogP contribution >= 0.6 is 25.3 Å². The summed E-state index contributed by atoms with van der Waals surface area (Å²) < 4.78 is 33.8. The van der Waals surface area contributed by atoms with E-state index in [1.165, 1.54) is 0 Å². The van der Waals surface area contributed by atoms with E-state index >= 15 is 0 Å². The van der Waals surface area contributed by atoms with Crippen molar-refractivity contribution in [1.82, 2.24) is 0 Å². The van der Waals surface area contributed by atoms with Crippen LogP contribution in [0.1, 0.15) is 13.8 Å². The first-order chi connectivity index (χ1) is 6.06. The molecule has 0 amide bonds. The van der Waals surface area contributed by atoms with Gasteiger partial charge in [0.25, 0.3) is 0 Å². The lowest BCUT2D eigenvalue weighted by Crippen LogP contribution is -1.84. The van der Waals surface area contributed by atoms with Gasteiger partial charge in [-0.2, -0.15) is 25.3 Å². The van der Waals surface area contributed by atoms with E-state index in [2.05, 4.69) is 25.3 Å². The molecule has 0 spiro atoms. The number of hydrogen-bond acceptors (Lipinski definition) is 3. The van der Waals surface area contributed by atoms with Crippen LogP contribution in [0.25, 0.3) is 0 Å². The normalized spacial score (nSPS) is 7.62. The highest BCUT2D eigenvalue weighted by Gasteiger charge is 2.06. The summed E-state index contributed by atoms with van der Waals surface area (Å²) in [7, 11) is -3.67. The first-order valence-electron chi connectivity index (χ1n) is 3.78. The molecular weight excluding hydrogens is 220 g/mol. The lowest BCUT2D eigenvalue weighted by Gasteiger charge is -1.86. The summed E-state index contributed by atoms with van der Waals surface area (Å²) in [5.74, 6) is 1.76. The van der Waals surface area contributed by atoms with Gasteiger partial charge in [-0.15, -0.1) is 0 Å². The van der Waals surface area contributed by atoms with Crippen molar-refractivity contribution >= 4 is 32.8 Å². The fraction of sp³-hybridized carbons (Fsp3) is 1.00. The van der Waals surface area contributed by atoms with E-state index in [-0.39, 0.29) is 0 Å². The first-order valence-corrected chi connectivity index (χ1v) is 5.04. The van der Waals surface area contributed by atoms with Crippen molar-refractivity contribution in [2.45, 2.75) is 13.8 Å². The van der Waals surface area contributed by atoms with E-state index in [4.69, 9.17) is 4.74 Å². The molecule has 7 heteroatoms. The number of rotatable bonds is 3. The Balaban J connectivity index is -0.000000117. The van der Waals surface area contributed by atoms with E-state index in [0.29, 0.717) is 0 Å². The molecule has 0 aromatic heterocycles. The van der Waals surface area contributed by atoms with Crippen molar-refractivity contribution < 1.29 is 17.7 Å². The zero-order valence-corrected chi connectivity index (χ0v) is 9.63. The third-order valence-corrected chi connectivity index (χ3v) is 1.31. The molecule has 0 aromatic rings. The van der Waals surface area contributed by atoms with Gasteiger partial charge in [0.15, 0.2) is 0 Å². The fourth-order valence-electron chi connectivity index (χ4n) is 0.204. The monoisotopic (exact) mass is 236 g/mol. The summed E-state index contributed by atoms with van der Waals surface area (Å²) in [6.07, 6.45) is 0. The third kappa shape index (κ3) is 112. The van der Waals surface area contributed by atoms with Crippen molar-refractivity contribution in [2.75, 3.05) is 24.7 Å². The molecule has 0 heterocycles. The summed E-state index contributed by atoms with van der Waals surface area (Å²) >= 11 is 7.69. The largest absolute Gasteiger partial charge is 0.762 e. The summed E-state index contributed by atoms with van der Waals surface area (Å²) in [6, 6.07) is 0. The SMILES string of the molecule is CCOCC.FB(F)F.SCCS. The Morgan fingerprint density at radius 2 is 1.23 bits per heavy atom. The van der Waals surface area contributed by atoms with Gasteiger partial charge in [0.1, 0.15) is 0 Å². The van der Waals surface area contributed by atoms with Crippen LogP contribution in [0.5, 0.6) is 0 Å². The molecule has 0 radical (unpaired) electrons. The highest BCUT2D eigenvalue weighted by Crippen LogP contribution is 1.80. The average Bonchev–Trinajstić information content (AvgIpc) is 2.05. The Hall–Kier alpha value is 0.515. The van der Waals surface area contributed by atoms with Gasteiger partial charge in [-0.1, -0.05) is 0 Å². The molecule has 0 atom stereocenters. The molecule has 0 aliphatic carbocycles. The molecule has 0 aromatic carbocycles. The topological polar surface area (TPSA) is 9.23 Å². The second-order valence-electron chi connectivity index (χ2n) is 1.48. The average molecular weight is 236 g/mol. The molecule has 0 aliphatic rings. The Kier molecular flexibility index (Phi) is 33.7. The van der Waals surface area contributed by atoms with Gasteiger partial charge in [-0.3, -0.25) is 12.9 Å². The van der Waals surface area contributed by atoms with Crippen molar-refractivity contribution in [3.05, 3.63) is 0 Å². The Morgan fingerprint density at radius 1 is 1.00 bits per heavy atom. The number of ether oxygens (including phenoxy) is 1. The minimum absolute atomic E-state index is 0.844. The highest BCUT2D eigenvalue weighted by molar-refractivity contribution is 7.84. The van der Waals surface area contributed by atoms with Gasteiger partial charge in [-0.25, -0.2) is 0 Å². The fourth-order valence-corrected chi connectivity index (χ4v) is 0.204. The van der Waals surface area contributed by atoms with Crippen LogP contribution in [-0.4, -0.2) is 32.3 Å². The molecule has 1 nitrogen and oxygen atoms in total. The van der Waals surface area contributed by atoms with E-state index < -0.39 is 7.54 Å². The van der Waals surface area contributed by atoms with E-state index in [0.717, 1.165) is 24.7 Å². The van der Waals surface area contributed by atoms with Crippen LogP contribution in [0.15, 0.2) is 0 Å². The van der Waals surface area contributed by atoms with E-state index in [1.54, 1.807) is 0 Å². The number of halogens is 3. The van der Waals surface area contributed by atoms with Crippen molar-refractivity contribution in [3.8, 4) is 0 Å². The molecule has 0 saturated heterocycles. The lowest BCUT2D eigenvalue weighted by molar-refractivity contribution is 0.162. The highest BCUT2D eigenvalue weighted by atomic mass is 32.1. The zero-order chi connectivity index (χ0) is 11.1. The van der Waals surface area contributed by atoms with Gasteiger partial charge < -0.3 is 4.74 Å². The van der Waals surface area contributed by atoms with Gasteiger partial charge in [-0.05, 0) is 25.4 Å². The first kappa shape index (κ1) is 19.1. The maximum absolute atomic E-state index is 9.67. The maximum atomic E-state index is 9.67.